The molecule has 134 valence electrons. The molecule has 0 unspecified atom stereocenters. The molecule has 1 N–H and O–H groups in total. The van der Waals surface area contributed by atoms with Gasteiger partial charge in [0.25, 0.3) is 0 Å². The monoisotopic (exact) mass is 361 g/mol. The van der Waals surface area contributed by atoms with Crippen LogP contribution in [-0.2, 0) is 6.42 Å². The number of carbonyl (C=O) groups is 1. The first-order valence-corrected chi connectivity index (χ1v) is 8.80. The summed E-state index contributed by atoms with van der Waals surface area (Å²) in [7, 11) is 0. The molecule has 0 bridgehead atoms. The maximum absolute atomic E-state index is 12.3. The minimum Gasteiger partial charge on any atom is -0.490 e. The number of amides is 2. The Kier molecular flexibility index (Phi) is 7.54. The first-order chi connectivity index (χ1) is 12.1. The number of aromatic nitrogens is 1. The van der Waals surface area contributed by atoms with Crippen molar-refractivity contribution in [2.45, 2.75) is 20.3 Å². The molecular formula is C19H24ClN3O2. The van der Waals surface area contributed by atoms with Gasteiger partial charge < -0.3 is 15.0 Å². The summed E-state index contributed by atoms with van der Waals surface area (Å²) in [5.41, 5.74) is 2.14. The average Bonchev–Trinajstić information content (AvgIpc) is 2.61. The van der Waals surface area contributed by atoms with Crippen LogP contribution >= 0.6 is 11.6 Å². The Labute approximate surface area is 154 Å². The standard InChI is InChI=1S/C19H24ClN3O2/c1-3-23(13-14-25-18-9-5-4-8-16(18)20)19(24)22-12-10-17-15(2)7-6-11-21-17/h4-9,11H,3,10,12-14H2,1-2H3,(H,22,24). The lowest BCUT2D eigenvalue weighted by atomic mass is 10.2. The van der Waals surface area contributed by atoms with Crippen LogP contribution in [-0.4, -0.2) is 42.2 Å². The van der Waals surface area contributed by atoms with Gasteiger partial charge in [-0.05, 0) is 37.6 Å². The van der Waals surface area contributed by atoms with E-state index in [4.69, 9.17) is 16.3 Å². The Hall–Kier alpha value is -2.27. The Morgan fingerprint density at radius 1 is 1.28 bits per heavy atom. The van der Waals surface area contributed by atoms with Crippen molar-refractivity contribution in [1.82, 2.24) is 15.2 Å². The van der Waals surface area contributed by atoms with Crippen LogP contribution in [0.5, 0.6) is 5.75 Å². The second kappa shape index (κ2) is 9.89. The zero-order valence-electron chi connectivity index (χ0n) is 14.7. The molecule has 1 aromatic carbocycles. The third kappa shape index (κ3) is 5.94. The molecule has 0 spiro atoms. The second-order valence-electron chi connectivity index (χ2n) is 5.61. The van der Waals surface area contributed by atoms with Crippen molar-refractivity contribution in [3.8, 4) is 5.75 Å². The van der Waals surface area contributed by atoms with Crippen molar-refractivity contribution in [3.63, 3.8) is 0 Å². The van der Waals surface area contributed by atoms with Crippen LogP contribution in [0.1, 0.15) is 18.2 Å². The summed E-state index contributed by atoms with van der Waals surface area (Å²) >= 11 is 6.05. The first-order valence-electron chi connectivity index (χ1n) is 8.42. The van der Waals surface area contributed by atoms with Gasteiger partial charge in [-0.3, -0.25) is 4.98 Å². The van der Waals surface area contributed by atoms with Gasteiger partial charge >= 0.3 is 6.03 Å². The molecular weight excluding hydrogens is 338 g/mol. The average molecular weight is 362 g/mol. The Morgan fingerprint density at radius 3 is 2.80 bits per heavy atom. The molecule has 5 nitrogen and oxygen atoms in total. The van der Waals surface area contributed by atoms with Gasteiger partial charge in [0.2, 0.25) is 0 Å². The number of carbonyl (C=O) groups excluding carboxylic acids is 1. The number of para-hydroxylation sites is 1. The van der Waals surface area contributed by atoms with Gasteiger partial charge in [0.05, 0.1) is 11.6 Å². The molecule has 0 fully saturated rings. The largest absolute Gasteiger partial charge is 0.490 e. The maximum Gasteiger partial charge on any atom is 0.317 e. The van der Waals surface area contributed by atoms with E-state index in [9.17, 15) is 4.79 Å². The molecule has 0 aliphatic carbocycles. The lowest BCUT2D eigenvalue weighted by Crippen LogP contribution is -2.42. The highest BCUT2D eigenvalue weighted by Crippen LogP contribution is 2.22. The van der Waals surface area contributed by atoms with Crippen molar-refractivity contribution in [3.05, 3.63) is 58.9 Å². The number of aryl methyl sites for hydroxylation is 1. The van der Waals surface area contributed by atoms with Crippen LogP contribution in [0, 0.1) is 6.92 Å². The zero-order chi connectivity index (χ0) is 18.1. The molecule has 1 aromatic heterocycles. The van der Waals surface area contributed by atoms with Crippen LogP contribution in [0.2, 0.25) is 5.02 Å². The van der Waals surface area contributed by atoms with Gasteiger partial charge in [0.15, 0.2) is 0 Å². The number of rotatable bonds is 8. The summed E-state index contributed by atoms with van der Waals surface area (Å²) in [6.45, 7) is 6.02. The van der Waals surface area contributed by atoms with Crippen LogP contribution in [0.3, 0.4) is 0 Å². The molecule has 0 aliphatic rings. The second-order valence-corrected chi connectivity index (χ2v) is 6.01. The van der Waals surface area contributed by atoms with Gasteiger partial charge in [-0.25, -0.2) is 4.79 Å². The van der Waals surface area contributed by atoms with Crippen molar-refractivity contribution in [1.29, 1.82) is 0 Å². The lowest BCUT2D eigenvalue weighted by molar-refractivity contribution is 0.186. The van der Waals surface area contributed by atoms with Crippen molar-refractivity contribution in [2.24, 2.45) is 0 Å². The predicted octanol–water partition coefficient (Wildman–Crippen LogP) is 3.70. The summed E-state index contributed by atoms with van der Waals surface area (Å²) in [6, 6.07) is 11.1. The van der Waals surface area contributed by atoms with E-state index in [1.807, 2.05) is 44.2 Å². The van der Waals surface area contributed by atoms with E-state index >= 15 is 0 Å². The van der Waals surface area contributed by atoms with Crippen LogP contribution in [0.25, 0.3) is 0 Å². The van der Waals surface area contributed by atoms with Gasteiger partial charge in [-0.2, -0.15) is 0 Å². The molecule has 25 heavy (non-hydrogen) atoms. The topological polar surface area (TPSA) is 54.5 Å². The Balaban J connectivity index is 1.75. The minimum absolute atomic E-state index is 0.0983. The van der Waals surface area contributed by atoms with Crippen LogP contribution in [0.15, 0.2) is 42.6 Å². The Bertz CT molecular complexity index is 694. The fourth-order valence-electron chi connectivity index (χ4n) is 2.41. The van der Waals surface area contributed by atoms with Crippen LogP contribution in [0.4, 0.5) is 4.79 Å². The van der Waals surface area contributed by atoms with Gasteiger partial charge in [0.1, 0.15) is 12.4 Å². The third-order valence-electron chi connectivity index (χ3n) is 3.88. The van der Waals surface area contributed by atoms with Gasteiger partial charge in [-0.15, -0.1) is 0 Å². The summed E-state index contributed by atoms with van der Waals surface area (Å²) in [5.74, 6) is 0.631. The predicted molar refractivity (Wildman–Crippen MR) is 100 cm³/mol. The molecule has 2 amide bonds. The first kappa shape index (κ1) is 19.1. The summed E-state index contributed by atoms with van der Waals surface area (Å²) in [4.78, 5) is 18.3. The molecule has 0 atom stereocenters. The summed E-state index contributed by atoms with van der Waals surface area (Å²) in [5, 5.41) is 3.50. The molecule has 2 aromatic rings. The summed E-state index contributed by atoms with van der Waals surface area (Å²) < 4.78 is 5.65. The lowest BCUT2D eigenvalue weighted by Gasteiger charge is -2.21. The number of nitrogens with zero attached hydrogens (tertiary/aromatic N) is 2. The zero-order valence-corrected chi connectivity index (χ0v) is 15.4. The van der Waals surface area contributed by atoms with Crippen molar-refractivity contribution < 1.29 is 9.53 Å². The number of nitrogens with one attached hydrogen (secondary N) is 1. The molecule has 1 heterocycles. The number of urea groups is 1. The Morgan fingerprint density at radius 2 is 2.08 bits per heavy atom. The highest BCUT2D eigenvalue weighted by atomic mass is 35.5. The molecule has 6 heteroatoms. The SMILES string of the molecule is CCN(CCOc1ccccc1Cl)C(=O)NCCc1ncccc1C. The van der Waals surface area contributed by atoms with E-state index in [1.165, 1.54) is 0 Å². The molecule has 0 aliphatic heterocycles. The summed E-state index contributed by atoms with van der Waals surface area (Å²) in [6.07, 6.45) is 2.49. The third-order valence-corrected chi connectivity index (χ3v) is 4.19. The number of likely N-dealkylation sites (N-methyl/N-ethyl adjacent to an activating group) is 1. The van der Waals surface area contributed by atoms with Gasteiger partial charge in [-0.1, -0.05) is 29.8 Å². The van der Waals surface area contributed by atoms with E-state index in [0.717, 1.165) is 11.3 Å². The smallest absolute Gasteiger partial charge is 0.317 e. The van der Waals surface area contributed by atoms with E-state index in [-0.39, 0.29) is 6.03 Å². The minimum atomic E-state index is -0.0983. The quantitative estimate of drug-likeness (QED) is 0.780. The van der Waals surface area contributed by atoms with E-state index < -0.39 is 0 Å². The molecule has 0 saturated carbocycles. The molecule has 0 radical (unpaired) electrons. The maximum atomic E-state index is 12.3. The van der Waals surface area contributed by atoms with E-state index in [2.05, 4.69) is 10.3 Å². The number of ether oxygens (including phenoxy) is 1. The molecule has 0 saturated heterocycles. The highest BCUT2D eigenvalue weighted by Gasteiger charge is 2.11. The number of pyridine rings is 1. The van der Waals surface area contributed by atoms with Crippen LogP contribution < -0.4 is 10.1 Å². The number of hydrogen-bond donors (Lipinski definition) is 1. The van der Waals surface area contributed by atoms with Crippen molar-refractivity contribution >= 4 is 17.6 Å². The normalized spacial score (nSPS) is 10.4. The fraction of sp³-hybridized carbons (Fsp3) is 0.368. The highest BCUT2D eigenvalue weighted by molar-refractivity contribution is 6.32. The van der Waals surface area contributed by atoms with Crippen molar-refractivity contribution in [2.75, 3.05) is 26.2 Å². The number of benzene rings is 1. The number of hydrogen-bond acceptors (Lipinski definition) is 3. The van der Waals surface area contributed by atoms with E-state index in [1.54, 1.807) is 17.2 Å². The van der Waals surface area contributed by atoms with E-state index in [0.29, 0.717) is 43.4 Å². The van der Waals surface area contributed by atoms with Gasteiger partial charge in [0, 0.05) is 31.4 Å². The fourth-order valence-corrected chi connectivity index (χ4v) is 2.60. The number of halogens is 1. The molecule has 2 rings (SSSR count).